The number of rotatable bonds is 40. The van der Waals surface area contributed by atoms with Crippen LogP contribution in [-0.2, 0) is 102 Å². The summed E-state index contributed by atoms with van der Waals surface area (Å²) in [6.07, 6.45) is -2.97. The summed E-state index contributed by atoms with van der Waals surface area (Å²) in [6, 6.07) is -3.84. The van der Waals surface area contributed by atoms with Gasteiger partial charge in [-0.3, -0.25) is 56.9 Å². The first-order valence-corrected chi connectivity index (χ1v) is 39.7. The van der Waals surface area contributed by atoms with Crippen molar-refractivity contribution in [3.05, 3.63) is 52.3 Å². The maximum Gasteiger partial charge on any atom is 0.313 e. The van der Waals surface area contributed by atoms with Crippen LogP contribution < -0.4 is 63.1 Å². The normalized spacial score (nSPS) is 23.1. The number of thioether (sulfide) groups is 1. The molecule has 4 heterocycles. The smallest absolute Gasteiger partial charge is 0.313 e. The number of nitrogens with one attached hydrogen (secondary N) is 9. The Hall–Kier alpha value is -8.04. The van der Waals surface area contributed by atoms with Gasteiger partial charge in [0, 0.05) is 84.6 Å². The Labute approximate surface area is 656 Å². The largest absolute Gasteiger partial charge is 0.496 e. The van der Waals surface area contributed by atoms with Gasteiger partial charge in [-0.1, -0.05) is 33.3 Å². The highest BCUT2D eigenvalue weighted by molar-refractivity contribution is 7.98. The summed E-state index contributed by atoms with van der Waals surface area (Å²) in [5.74, 6) is -27.9. The average molecular weight is 1650 g/mol. The number of unbranched alkanes of at least 4 members (excludes halogenated alkanes) is 1. The predicted octanol–water partition coefficient (Wildman–Crippen LogP) is -1.95. The molecule has 14 N–H and O–H groups in total. The molecular weight excluding hydrogens is 1550 g/mol. The second-order valence-corrected chi connectivity index (χ2v) is 29.6. The third kappa shape index (κ3) is 29.3. The van der Waals surface area contributed by atoms with E-state index in [9.17, 15) is 85.2 Å². The highest BCUT2D eigenvalue weighted by Crippen LogP contribution is 2.48. The van der Waals surface area contributed by atoms with Crippen molar-refractivity contribution in [2.45, 2.75) is 126 Å². The monoisotopic (exact) mass is 1650 g/mol. The molecule has 0 spiro atoms. The molecule has 113 heavy (non-hydrogen) atoms. The minimum absolute atomic E-state index is 0.0219. The van der Waals surface area contributed by atoms with Crippen molar-refractivity contribution >= 4 is 93.3 Å². The van der Waals surface area contributed by atoms with E-state index in [1.165, 1.54) is 25.8 Å². The molecule has 2 aromatic carbocycles. The predicted molar refractivity (Wildman–Crippen MR) is 392 cm³/mol. The summed E-state index contributed by atoms with van der Waals surface area (Å²) in [5.41, 5.74) is 6.84. The number of aliphatic hydroxyl groups is 3. The van der Waals surface area contributed by atoms with Crippen molar-refractivity contribution in [2.24, 2.45) is 29.4 Å². The molecule has 634 valence electrons. The Morgan fingerprint density at radius 2 is 1.27 bits per heavy atom. The number of aliphatic hydroxyl groups excluding tert-OH is 3. The minimum atomic E-state index is -2.43. The van der Waals surface area contributed by atoms with Crippen LogP contribution in [0.2, 0.25) is 0 Å². The van der Waals surface area contributed by atoms with Gasteiger partial charge in [0.25, 0.3) is 0 Å². The van der Waals surface area contributed by atoms with Crippen LogP contribution in [0.5, 0.6) is 11.5 Å². The number of esters is 1. The molecule has 0 aliphatic carbocycles. The number of fused-ring (bicyclic) bond motifs is 4. The van der Waals surface area contributed by atoms with E-state index in [4.69, 9.17) is 43.6 Å². The Balaban J connectivity index is 0.999. The van der Waals surface area contributed by atoms with Gasteiger partial charge in [0.15, 0.2) is 0 Å². The fourth-order valence-electron chi connectivity index (χ4n) is 12.5. The second-order valence-electron chi connectivity index (χ2n) is 26.9. The van der Waals surface area contributed by atoms with Crippen LogP contribution in [0.3, 0.4) is 0 Å². The maximum absolute atomic E-state index is 15.6. The third-order valence-electron chi connectivity index (χ3n) is 18.9. The van der Waals surface area contributed by atoms with Crippen LogP contribution in [0, 0.1) is 52.8 Å². The number of benzene rings is 2. The van der Waals surface area contributed by atoms with Gasteiger partial charge in [0.05, 0.1) is 156 Å². The number of anilines is 1. The van der Waals surface area contributed by atoms with Crippen LogP contribution in [0.25, 0.3) is 0 Å². The van der Waals surface area contributed by atoms with E-state index in [1.54, 1.807) is 19.1 Å². The molecular formula is C71H104F5N11O24S2. The molecule has 0 aromatic heterocycles. The number of amides is 10. The lowest BCUT2D eigenvalue weighted by Gasteiger charge is -2.33. The van der Waals surface area contributed by atoms with Crippen molar-refractivity contribution in [3.8, 4) is 11.5 Å². The summed E-state index contributed by atoms with van der Waals surface area (Å²) in [4.78, 5) is 153. The SMILES string of the molecule is CC[C@H](C)[C@@H]1CCNC(=O)CNC(=O)[C@@H]2CNC(=O)[C@H]([C@@H](C)[C@@H](O)CO)NC(=O)C3C[C@@H](O)CN3C(=O)[C@H](CC(N)=O)NC(=O)[C@@H](CS(=O)C3Nc4c(ccc(OC)c4CSCCCCNC(=O)CCOCCOCCOCCOCCOCCOCCOCCC(=O)Oc4c(F)c(F)c(F)c(F)c4F)C32)NC(=O)CNC1=O. The molecule has 4 aliphatic rings. The first kappa shape index (κ1) is 93.8. The first-order valence-electron chi connectivity index (χ1n) is 37.1. The number of nitrogens with zero attached hydrogens (tertiary/aromatic N) is 1. The molecule has 4 aliphatic heterocycles. The molecule has 42 heteroatoms. The number of primary amides is 1. The summed E-state index contributed by atoms with van der Waals surface area (Å²) in [5, 5.41) is 54.9. The van der Waals surface area contributed by atoms with Gasteiger partial charge in [-0.2, -0.15) is 20.5 Å². The van der Waals surface area contributed by atoms with E-state index in [0.29, 0.717) is 73.9 Å². The first-order chi connectivity index (χ1) is 54.1. The molecule has 10 amide bonds. The standard InChI is InChI=1S/C71H104F5N11O24S2/c1-5-39(2)42-10-14-79-53(93)33-81-66(97)44-32-80-69(100)62(40(3)49(90)36-88)85-68(99)48-30-41(89)35-87(48)71(101)46(31-51(77)91)84-67(98)47(83-54(94)34-82-65(42)96)38-113(102)70-56(44)43-8-9-50(103-4)45(63(43)86-70)37-112-29-7-6-13-78-52(92)11-15-104-17-19-106-21-23-108-25-27-110-28-26-109-24-22-107-20-18-105-16-12-55(95)111-64-60(75)58(73)57(72)59(74)61(64)76/h8-9,39-42,44,46-49,56,62,70,86,88-90H,5-7,10-38H2,1-4H3,(H2,77,91)(H,78,92)(H,79,93)(H,80,100)(H,81,97)(H,82,96)(H,83,94)(H,84,98)(H,85,99)/t39-,40-,41+,42-,44+,46-,47+,48?,49-,56?,62-,70?,113?/m0/s1. The number of hydrogen-bond acceptors (Lipinski definition) is 26. The van der Waals surface area contributed by atoms with Crippen molar-refractivity contribution in [1.82, 2.24) is 47.4 Å². The summed E-state index contributed by atoms with van der Waals surface area (Å²) in [6.45, 7) is 4.52. The van der Waals surface area contributed by atoms with Crippen LogP contribution in [0.1, 0.15) is 89.2 Å². The number of methoxy groups -OCH3 is 1. The lowest BCUT2D eigenvalue weighted by molar-refractivity contribution is -0.144. The Morgan fingerprint density at radius 1 is 0.699 bits per heavy atom. The number of carbonyl (C=O) groups is 11. The molecule has 0 radical (unpaired) electrons. The van der Waals surface area contributed by atoms with Crippen molar-refractivity contribution in [1.29, 1.82) is 0 Å². The minimum Gasteiger partial charge on any atom is -0.496 e. The van der Waals surface area contributed by atoms with E-state index in [2.05, 4.69) is 52.6 Å². The third-order valence-corrected chi connectivity index (χ3v) is 21.6. The van der Waals surface area contributed by atoms with Gasteiger partial charge in [-0.25, -0.2) is 13.2 Å². The van der Waals surface area contributed by atoms with E-state index in [-0.39, 0.29) is 110 Å². The van der Waals surface area contributed by atoms with Gasteiger partial charge in [-0.15, -0.1) is 0 Å². The van der Waals surface area contributed by atoms with Gasteiger partial charge in [0.2, 0.25) is 93.9 Å². The Kier molecular flexibility index (Phi) is 40.7. The van der Waals surface area contributed by atoms with Crippen LogP contribution in [-0.4, -0.2) is 288 Å². The van der Waals surface area contributed by atoms with E-state index in [0.717, 1.165) is 4.90 Å². The summed E-state index contributed by atoms with van der Waals surface area (Å²) in [7, 11) is -1.01. The van der Waals surface area contributed by atoms with Gasteiger partial charge < -0.3 is 116 Å². The lowest BCUT2D eigenvalue weighted by Crippen LogP contribution is -2.61. The molecule has 13 atom stereocenters. The van der Waals surface area contributed by atoms with Crippen LogP contribution >= 0.6 is 11.8 Å². The number of hydrogen-bond donors (Lipinski definition) is 13. The Bertz CT molecular complexity index is 3540. The van der Waals surface area contributed by atoms with Crippen molar-refractivity contribution < 1.29 is 137 Å². The number of nitrogens with two attached hydrogens (primary N) is 1. The van der Waals surface area contributed by atoms with E-state index >= 15 is 9.00 Å². The lowest BCUT2D eigenvalue weighted by atomic mass is 9.85. The highest BCUT2D eigenvalue weighted by Gasteiger charge is 2.49. The highest BCUT2D eigenvalue weighted by atomic mass is 32.2. The fraction of sp³-hybridized carbons (Fsp3) is 0.676. The van der Waals surface area contributed by atoms with Gasteiger partial charge in [-0.05, 0) is 42.6 Å². The van der Waals surface area contributed by atoms with Crippen molar-refractivity contribution in [3.63, 3.8) is 0 Å². The quantitative estimate of drug-likeness (QED) is 0.00861. The molecule has 4 unspecified atom stereocenters. The molecule has 3 saturated heterocycles. The van der Waals surface area contributed by atoms with Crippen LogP contribution in [0.4, 0.5) is 27.6 Å². The van der Waals surface area contributed by atoms with Gasteiger partial charge >= 0.3 is 5.97 Å². The maximum atomic E-state index is 15.6. The second kappa shape index (κ2) is 49.0. The van der Waals surface area contributed by atoms with Crippen molar-refractivity contribution in [2.75, 3.05) is 162 Å². The topological polar surface area (TPSA) is 486 Å². The molecule has 3 fully saturated rings. The average Bonchev–Trinajstić information content (AvgIpc) is 1.60. The molecule has 6 rings (SSSR count). The zero-order valence-corrected chi connectivity index (χ0v) is 65.0. The van der Waals surface area contributed by atoms with E-state index < -0.39 is 228 Å². The molecule has 2 aromatic rings. The summed E-state index contributed by atoms with van der Waals surface area (Å²) >= 11 is 1.47. The number of ether oxygens (including phenoxy) is 9. The number of halogens is 5. The molecule has 2 bridgehead atoms. The van der Waals surface area contributed by atoms with E-state index in [1.807, 2.05) is 6.92 Å². The molecule has 35 nitrogen and oxygen atoms in total. The van der Waals surface area contributed by atoms with Crippen LogP contribution in [0.15, 0.2) is 12.1 Å². The Morgan fingerprint density at radius 3 is 1.86 bits per heavy atom. The fourth-order valence-corrected chi connectivity index (χ4v) is 15.2. The zero-order chi connectivity index (χ0) is 82.7. The zero-order valence-electron chi connectivity index (χ0n) is 63.4. The summed E-state index contributed by atoms with van der Waals surface area (Å²) < 4.78 is 131. The number of carbonyl (C=O) groups excluding carboxylic acids is 11. The molecule has 0 saturated carbocycles. The van der Waals surface area contributed by atoms with Gasteiger partial charge in [0.1, 0.15) is 35.3 Å².